The molecule has 36 heavy (non-hydrogen) atoms. The molecule has 2 N–H and O–H groups in total. The first-order chi connectivity index (χ1) is 17.0. The molecule has 1 saturated heterocycles. The molecule has 11 nitrogen and oxygen atoms in total. The number of sulfonamides is 1. The van der Waals surface area contributed by atoms with Crippen molar-refractivity contribution in [2.45, 2.75) is 43.9 Å². The lowest BCUT2D eigenvalue weighted by Gasteiger charge is -2.22. The summed E-state index contributed by atoms with van der Waals surface area (Å²) in [5, 5.41) is 4.61. The van der Waals surface area contributed by atoms with Gasteiger partial charge in [-0.1, -0.05) is 11.6 Å². The molecule has 1 aliphatic heterocycles. The number of carbonyl (C=O) groups excluding carboxylic acids is 4. The molecule has 1 fully saturated rings. The first-order valence-electron chi connectivity index (χ1n) is 10.9. The van der Waals surface area contributed by atoms with E-state index in [1.807, 2.05) is 5.32 Å². The highest BCUT2D eigenvalue weighted by Gasteiger charge is 2.41. The van der Waals surface area contributed by atoms with Crippen LogP contribution >= 0.6 is 34.3 Å². The topological polar surface area (TPSA) is 148 Å². The van der Waals surface area contributed by atoms with Gasteiger partial charge in [0.05, 0.1) is 23.1 Å². The van der Waals surface area contributed by atoms with Gasteiger partial charge in [0.25, 0.3) is 15.9 Å². The minimum Gasteiger partial charge on any atom is -0.462 e. The number of esters is 1. The van der Waals surface area contributed by atoms with Crippen LogP contribution in [0, 0.1) is 6.92 Å². The van der Waals surface area contributed by atoms with Crippen LogP contribution < -0.4 is 10.6 Å². The van der Waals surface area contributed by atoms with Gasteiger partial charge in [-0.15, -0.1) is 22.7 Å². The van der Waals surface area contributed by atoms with Gasteiger partial charge in [0.1, 0.15) is 20.1 Å². The Morgan fingerprint density at radius 1 is 1.14 bits per heavy atom. The maximum atomic E-state index is 13.3. The van der Waals surface area contributed by atoms with Crippen molar-refractivity contribution in [1.29, 1.82) is 0 Å². The average molecular weight is 578 g/mol. The van der Waals surface area contributed by atoms with Crippen LogP contribution in [0.1, 0.15) is 52.3 Å². The highest BCUT2D eigenvalue weighted by Crippen LogP contribution is 2.36. The molecule has 196 valence electrons. The lowest BCUT2D eigenvalue weighted by Crippen LogP contribution is -2.43. The Balaban J connectivity index is 1.92. The number of halogens is 1. The van der Waals surface area contributed by atoms with Crippen molar-refractivity contribution in [2.75, 3.05) is 25.1 Å². The second-order valence-corrected chi connectivity index (χ2v) is 12.3. The zero-order valence-corrected chi connectivity index (χ0v) is 22.8. The molecule has 1 aliphatic rings. The van der Waals surface area contributed by atoms with Crippen LogP contribution in [0.5, 0.6) is 0 Å². The Kier molecular flexibility index (Phi) is 9.11. The molecule has 3 rings (SSSR count). The van der Waals surface area contributed by atoms with Crippen LogP contribution in [0.4, 0.5) is 9.80 Å². The predicted octanol–water partition coefficient (Wildman–Crippen LogP) is 3.63. The van der Waals surface area contributed by atoms with Crippen LogP contribution in [-0.2, 0) is 24.3 Å². The van der Waals surface area contributed by atoms with Crippen molar-refractivity contribution in [3.05, 3.63) is 32.5 Å². The van der Waals surface area contributed by atoms with Crippen LogP contribution in [0.3, 0.4) is 0 Å². The number of amides is 3. The molecule has 15 heteroatoms. The molecule has 2 aromatic heterocycles. The first-order valence-corrected chi connectivity index (χ1v) is 14.3. The standard InChI is InChI=1S/C21H24ClN3O8S3/c1-4-32-20(28)16-11(3)15(18(27)24-21(29)33-5-2)19(35-16)23-17(26)12-7-6-10-25(12)36(30,31)14-9-8-13(22)34-14/h8-9,12H,4-7,10H2,1-3H3,(H,23,26)(H,24,27,29). The summed E-state index contributed by atoms with van der Waals surface area (Å²) in [4.78, 5) is 50.4. The van der Waals surface area contributed by atoms with Gasteiger partial charge in [0, 0.05) is 6.54 Å². The van der Waals surface area contributed by atoms with Crippen molar-refractivity contribution in [3.63, 3.8) is 0 Å². The van der Waals surface area contributed by atoms with E-state index in [2.05, 4.69) is 5.32 Å². The maximum absolute atomic E-state index is 13.3. The summed E-state index contributed by atoms with van der Waals surface area (Å²) in [7, 11) is -3.98. The molecule has 0 spiro atoms. The van der Waals surface area contributed by atoms with Gasteiger partial charge in [-0.25, -0.2) is 18.0 Å². The molecule has 2 aromatic rings. The number of rotatable bonds is 8. The smallest absolute Gasteiger partial charge is 0.414 e. The molecule has 0 aromatic carbocycles. The largest absolute Gasteiger partial charge is 0.462 e. The summed E-state index contributed by atoms with van der Waals surface area (Å²) >= 11 is 7.58. The van der Waals surface area contributed by atoms with E-state index in [0.717, 1.165) is 27.0 Å². The van der Waals surface area contributed by atoms with Crippen LogP contribution in [0.25, 0.3) is 0 Å². The Morgan fingerprint density at radius 3 is 2.44 bits per heavy atom. The van der Waals surface area contributed by atoms with E-state index >= 15 is 0 Å². The minimum absolute atomic E-state index is 0.0123. The fraction of sp³-hybridized carbons (Fsp3) is 0.429. The Morgan fingerprint density at radius 2 is 1.83 bits per heavy atom. The fourth-order valence-corrected chi connectivity index (χ4v) is 8.00. The molecule has 3 heterocycles. The van der Waals surface area contributed by atoms with Gasteiger partial charge < -0.3 is 14.8 Å². The van der Waals surface area contributed by atoms with Crippen molar-refractivity contribution < 1.29 is 37.1 Å². The summed E-state index contributed by atoms with van der Waals surface area (Å²) in [6.07, 6.45) is -0.293. The predicted molar refractivity (Wildman–Crippen MR) is 134 cm³/mol. The number of thiophene rings is 2. The summed E-state index contributed by atoms with van der Waals surface area (Å²) in [6.45, 7) is 4.91. The Labute approximate surface area is 220 Å². The van der Waals surface area contributed by atoms with Gasteiger partial charge in [-0.2, -0.15) is 4.31 Å². The van der Waals surface area contributed by atoms with Crippen LogP contribution in [-0.4, -0.2) is 62.4 Å². The average Bonchev–Trinajstić information content (AvgIpc) is 3.53. The molecule has 3 amide bonds. The lowest BCUT2D eigenvalue weighted by atomic mass is 10.1. The minimum atomic E-state index is -3.98. The monoisotopic (exact) mass is 577 g/mol. The molecule has 1 unspecified atom stereocenters. The van der Waals surface area contributed by atoms with E-state index in [-0.39, 0.29) is 51.4 Å². The number of nitrogens with zero attached hydrogens (tertiary/aromatic N) is 1. The third kappa shape index (κ3) is 5.89. The zero-order chi connectivity index (χ0) is 26.6. The Bertz CT molecular complexity index is 1290. The summed E-state index contributed by atoms with van der Waals surface area (Å²) in [6, 6.07) is 1.79. The number of alkyl carbamates (subject to hydrolysis) is 1. The van der Waals surface area contributed by atoms with Gasteiger partial charge in [0.15, 0.2) is 0 Å². The Hall–Kier alpha value is -2.52. The molecule has 0 saturated carbocycles. The molecule has 0 bridgehead atoms. The van der Waals surface area contributed by atoms with Crippen molar-refractivity contribution in [3.8, 4) is 0 Å². The second kappa shape index (κ2) is 11.7. The molecule has 0 radical (unpaired) electrons. The second-order valence-electron chi connectivity index (χ2n) is 7.48. The lowest BCUT2D eigenvalue weighted by molar-refractivity contribution is -0.119. The highest BCUT2D eigenvalue weighted by atomic mass is 35.5. The van der Waals surface area contributed by atoms with Gasteiger partial charge in [-0.05, 0) is 51.3 Å². The van der Waals surface area contributed by atoms with Gasteiger partial charge >= 0.3 is 12.1 Å². The number of hydrogen-bond acceptors (Lipinski definition) is 10. The molecular formula is C21H24ClN3O8S3. The quantitative estimate of drug-likeness (QED) is 0.452. The van der Waals surface area contributed by atoms with E-state index < -0.39 is 39.9 Å². The van der Waals surface area contributed by atoms with E-state index in [4.69, 9.17) is 21.1 Å². The number of anilines is 1. The molecular weight excluding hydrogens is 554 g/mol. The third-order valence-electron chi connectivity index (χ3n) is 5.18. The first kappa shape index (κ1) is 28.1. The van der Waals surface area contributed by atoms with Crippen LogP contribution in [0.15, 0.2) is 16.3 Å². The van der Waals surface area contributed by atoms with Crippen molar-refractivity contribution >= 4 is 73.2 Å². The highest BCUT2D eigenvalue weighted by molar-refractivity contribution is 7.91. The summed E-state index contributed by atoms with van der Waals surface area (Å²) < 4.78 is 37.4. The summed E-state index contributed by atoms with van der Waals surface area (Å²) in [5.41, 5.74) is 0.0709. The SMILES string of the molecule is CCOC(=O)NC(=O)c1c(NC(=O)C2CCCN2S(=O)(=O)c2ccc(Cl)s2)sc(C(=O)OCC)c1C. The number of carbonyl (C=O) groups is 4. The number of ether oxygens (including phenoxy) is 2. The normalized spacial score (nSPS) is 15.9. The number of nitrogens with one attached hydrogen (secondary N) is 2. The number of hydrogen-bond donors (Lipinski definition) is 2. The van der Waals surface area contributed by atoms with E-state index in [0.29, 0.717) is 10.8 Å². The maximum Gasteiger partial charge on any atom is 0.414 e. The molecule has 0 aliphatic carbocycles. The van der Waals surface area contributed by atoms with Crippen LogP contribution in [0.2, 0.25) is 4.34 Å². The van der Waals surface area contributed by atoms with Gasteiger partial charge in [0.2, 0.25) is 5.91 Å². The zero-order valence-electron chi connectivity index (χ0n) is 19.6. The van der Waals surface area contributed by atoms with E-state index in [1.54, 1.807) is 13.8 Å². The van der Waals surface area contributed by atoms with E-state index in [9.17, 15) is 27.6 Å². The third-order valence-corrected chi connectivity index (χ3v) is 9.97. The van der Waals surface area contributed by atoms with Gasteiger partial charge in [-0.3, -0.25) is 14.9 Å². The number of imide groups is 1. The van der Waals surface area contributed by atoms with Crippen molar-refractivity contribution in [2.24, 2.45) is 0 Å². The van der Waals surface area contributed by atoms with E-state index in [1.165, 1.54) is 19.1 Å². The summed E-state index contributed by atoms with van der Waals surface area (Å²) in [5.74, 6) is -2.27. The van der Waals surface area contributed by atoms with Crippen molar-refractivity contribution in [1.82, 2.24) is 9.62 Å². The molecule has 1 atom stereocenters. The fourth-order valence-electron chi connectivity index (χ4n) is 3.63.